The Kier molecular flexibility index (Phi) is 7.19. The van der Waals surface area contributed by atoms with E-state index in [9.17, 15) is 9.59 Å². The van der Waals surface area contributed by atoms with E-state index in [0.717, 1.165) is 11.3 Å². The predicted octanol–water partition coefficient (Wildman–Crippen LogP) is 4.52. The van der Waals surface area contributed by atoms with Gasteiger partial charge >= 0.3 is 5.97 Å². The van der Waals surface area contributed by atoms with Crippen molar-refractivity contribution in [2.24, 2.45) is 5.41 Å². The summed E-state index contributed by atoms with van der Waals surface area (Å²) < 4.78 is 22.0. The Bertz CT molecular complexity index is 1240. The number of dihydropyridines is 1. The summed E-state index contributed by atoms with van der Waals surface area (Å²) in [6.45, 7) is 12.3. The highest BCUT2D eigenvalue weighted by Crippen LogP contribution is 2.48. The quantitative estimate of drug-likeness (QED) is 0.528. The van der Waals surface area contributed by atoms with Crippen LogP contribution in [0.4, 0.5) is 0 Å². The summed E-state index contributed by atoms with van der Waals surface area (Å²) in [7, 11) is 0. The second-order valence-electron chi connectivity index (χ2n) is 9.87. The van der Waals surface area contributed by atoms with Gasteiger partial charge in [0.25, 0.3) is 0 Å². The van der Waals surface area contributed by atoms with E-state index in [4.69, 9.17) is 18.8 Å². The van der Waals surface area contributed by atoms with E-state index in [2.05, 4.69) is 29.5 Å². The lowest BCUT2D eigenvalue weighted by atomic mass is 9.68. The lowest BCUT2D eigenvalue weighted by Crippen LogP contribution is -2.38. The van der Waals surface area contributed by atoms with Crippen LogP contribution in [0.15, 0.2) is 45.4 Å². The van der Waals surface area contributed by atoms with Gasteiger partial charge in [-0.05, 0) is 57.2 Å². The van der Waals surface area contributed by atoms with Crippen molar-refractivity contribution in [2.75, 3.05) is 13.2 Å². The molecule has 0 spiro atoms. The number of carbonyl (C=O) groups excluding carboxylic acids is 2. The first-order valence-corrected chi connectivity index (χ1v) is 12.2. The number of ether oxygens (including phenoxy) is 3. The standard InChI is InChI=1S/C27H33N3O6/c1-7-33-22-11-17(9-10-21(22)35-14-19-15(3)29-36-30-19)24-23(26(32)34-8-2)16(4)28-18-12-27(5,6)13-20(31)25(18)24/h9-11,24,28H,7-8,12-14H2,1-6H3. The van der Waals surface area contributed by atoms with Gasteiger partial charge in [0.2, 0.25) is 0 Å². The second kappa shape index (κ2) is 10.2. The highest BCUT2D eigenvalue weighted by molar-refractivity contribution is 6.04. The summed E-state index contributed by atoms with van der Waals surface area (Å²) in [6.07, 6.45) is 1.12. The highest BCUT2D eigenvalue weighted by Gasteiger charge is 2.43. The molecular formula is C27H33N3O6. The molecule has 0 amide bonds. The maximum absolute atomic E-state index is 13.5. The van der Waals surface area contributed by atoms with Crippen LogP contribution >= 0.6 is 0 Å². The van der Waals surface area contributed by atoms with Gasteiger partial charge in [-0.25, -0.2) is 9.42 Å². The first-order valence-electron chi connectivity index (χ1n) is 12.2. The smallest absolute Gasteiger partial charge is 0.336 e. The topological polar surface area (TPSA) is 113 Å². The van der Waals surface area contributed by atoms with Crippen molar-refractivity contribution in [1.82, 2.24) is 15.6 Å². The van der Waals surface area contributed by atoms with Gasteiger partial charge in [-0.3, -0.25) is 4.79 Å². The zero-order valence-electron chi connectivity index (χ0n) is 21.7. The van der Waals surface area contributed by atoms with Crippen molar-refractivity contribution < 1.29 is 28.4 Å². The number of aryl methyl sites for hydroxylation is 1. The molecular weight excluding hydrogens is 462 g/mol. The van der Waals surface area contributed by atoms with Gasteiger partial charge in [-0.2, -0.15) is 0 Å². The Labute approximate surface area is 210 Å². The van der Waals surface area contributed by atoms with Crippen LogP contribution in [0.25, 0.3) is 0 Å². The Balaban J connectivity index is 1.78. The van der Waals surface area contributed by atoms with Gasteiger partial charge in [0, 0.05) is 29.3 Å². The summed E-state index contributed by atoms with van der Waals surface area (Å²) in [6, 6.07) is 5.50. The first kappa shape index (κ1) is 25.5. The molecule has 9 nitrogen and oxygen atoms in total. The lowest BCUT2D eigenvalue weighted by Gasteiger charge is -2.39. The number of nitrogens with zero attached hydrogens (tertiary/aromatic N) is 2. The van der Waals surface area contributed by atoms with Gasteiger partial charge in [0.05, 0.1) is 18.8 Å². The maximum atomic E-state index is 13.5. The number of hydrogen-bond acceptors (Lipinski definition) is 9. The Morgan fingerprint density at radius 3 is 2.56 bits per heavy atom. The number of hydrogen-bond donors (Lipinski definition) is 1. The van der Waals surface area contributed by atoms with E-state index < -0.39 is 11.9 Å². The average molecular weight is 496 g/mol. The Morgan fingerprint density at radius 2 is 1.89 bits per heavy atom. The normalized spacial score (nSPS) is 19.1. The summed E-state index contributed by atoms with van der Waals surface area (Å²) >= 11 is 0. The number of carbonyl (C=O) groups is 2. The number of rotatable bonds is 8. The average Bonchev–Trinajstić information content (AvgIpc) is 3.21. The van der Waals surface area contributed by atoms with Gasteiger partial charge in [0.15, 0.2) is 17.3 Å². The molecule has 0 fully saturated rings. The fourth-order valence-corrected chi connectivity index (χ4v) is 4.87. The zero-order chi connectivity index (χ0) is 26.0. The minimum Gasteiger partial charge on any atom is -0.490 e. The summed E-state index contributed by atoms with van der Waals surface area (Å²) in [5, 5.41) is 11.0. The maximum Gasteiger partial charge on any atom is 0.336 e. The highest BCUT2D eigenvalue weighted by atomic mass is 16.6. The number of ketones is 1. The fraction of sp³-hybridized carbons (Fsp3) is 0.481. The van der Waals surface area contributed by atoms with Gasteiger partial charge in [0.1, 0.15) is 18.0 Å². The fourth-order valence-electron chi connectivity index (χ4n) is 4.87. The van der Waals surface area contributed by atoms with E-state index in [1.54, 1.807) is 19.9 Å². The molecule has 1 N–H and O–H groups in total. The van der Waals surface area contributed by atoms with Crippen molar-refractivity contribution >= 4 is 11.8 Å². The molecule has 1 aliphatic carbocycles. The molecule has 0 saturated carbocycles. The molecule has 1 aromatic heterocycles. The SMILES string of the molecule is CCOC(=O)C1=C(C)NC2=C(C(=O)CC(C)(C)C2)C1c1ccc(OCc2nonc2C)c(OCC)c1. The molecule has 1 unspecified atom stereocenters. The molecule has 1 aromatic carbocycles. The van der Waals surface area contributed by atoms with Crippen LogP contribution < -0.4 is 14.8 Å². The summed E-state index contributed by atoms with van der Waals surface area (Å²) in [5.74, 6) is 0.0401. The van der Waals surface area contributed by atoms with Crippen LogP contribution in [0.3, 0.4) is 0 Å². The van der Waals surface area contributed by atoms with Crippen LogP contribution in [0.2, 0.25) is 0 Å². The van der Waals surface area contributed by atoms with E-state index in [0.29, 0.717) is 59.2 Å². The molecule has 1 atom stereocenters. The number of nitrogens with one attached hydrogen (secondary N) is 1. The van der Waals surface area contributed by atoms with Crippen molar-refractivity contribution in [3.05, 3.63) is 57.7 Å². The summed E-state index contributed by atoms with van der Waals surface area (Å²) in [4.78, 5) is 26.6. The molecule has 2 aromatic rings. The molecule has 0 radical (unpaired) electrons. The van der Waals surface area contributed by atoms with Crippen LogP contribution in [0.1, 0.15) is 70.3 Å². The minimum absolute atomic E-state index is 0.0281. The van der Waals surface area contributed by atoms with Crippen LogP contribution in [-0.2, 0) is 20.9 Å². The Morgan fingerprint density at radius 1 is 1.11 bits per heavy atom. The predicted molar refractivity (Wildman–Crippen MR) is 131 cm³/mol. The number of benzene rings is 1. The lowest BCUT2D eigenvalue weighted by molar-refractivity contribution is -0.138. The molecule has 0 bridgehead atoms. The van der Waals surface area contributed by atoms with E-state index >= 15 is 0 Å². The third-order valence-corrected chi connectivity index (χ3v) is 6.45. The van der Waals surface area contributed by atoms with Crippen LogP contribution in [0, 0.1) is 12.3 Å². The van der Waals surface area contributed by atoms with Gasteiger partial charge < -0.3 is 19.5 Å². The Hall–Kier alpha value is -3.62. The van der Waals surface area contributed by atoms with Crippen molar-refractivity contribution in [3.63, 3.8) is 0 Å². The van der Waals surface area contributed by atoms with E-state index in [-0.39, 0.29) is 24.4 Å². The zero-order valence-corrected chi connectivity index (χ0v) is 21.7. The second-order valence-corrected chi connectivity index (χ2v) is 9.87. The molecule has 4 rings (SSSR count). The number of esters is 1. The first-order chi connectivity index (χ1) is 17.1. The number of allylic oxidation sites excluding steroid dienone is 3. The van der Waals surface area contributed by atoms with E-state index in [1.807, 2.05) is 26.0 Å². The monoisotopic (exact) mass is 495 g/mol. The molecule has 1 aliphatic heterocycles. The molecule has 9 heteroatoms. The van der Waals surface area contributed by atoms with Crippen molar-refractivity contribution in [1.29, 1.82) is 0 Å². The third-order valence-electron chi connectivity index (χ3n) is 6.45. The van der Waals surface area contributed by atoms with Crippen molar-refractivity contribution in [2.45, 2.75) is 66.9 Å². The van der Waals surface area contributed by atoms with Crippen molar-refractivity contribution in [3.8, 4) is 11.5 Å². The third kappa shape index (κ3) is 5.01. The molecule has 0 saturated heterocycles. The van der Waals surface area contributed by atoms with Gasteiger partial charge in [-0.15, -0.1) is 0 Å². The molecule has 2 aliphatic rings. The van der Waals surface area contributed by atoms with Gasteiger partial charge in [-0.1, -0.05) is 30.2 Å². The number of Topliss-reactive ketones (excluding diaryl/α,β-unsaturated/α-hetero) is 1. The van der Waals surface area contributed by atoms with E-state index in [1.165, 1.54) is 0 Å². The largest absolute Gasteiger partial charge is 0.490 e. The van der Waals surface area contributed by atoms with Crippen LogP contribution in [0.5, 0.6) is 11.5 Å². The minimum atomic E-state index is -0.570. The summed E-state index contributed by atoms with van der Waals surface area (Å²) in [5.41, 5.74) is 4.43. The molecule has 2 heterocycles. The van der Waals surface area contributed by atoms with Crippen LogP contribution in [-0.4, -0.2) is 35.3 Å². The molecule has 192 valence electrons. The number of aromatic nitrogens is 2. The molecule has 36 heavy (non-hydrogen) atoms.